The molecule has 2 rings (SSSR count). The molecule has 0 radical (unpaired) electrons. The summed E-state index contributed by atoms with van der Waals surface area (Å²) in [5, 5.41) is 12.2. The minimum Gasteiger partial charge on any atom is -0.312 e. The fraction of sp³-hybridized carbons (Fsp3) is 0.625. The highest BCUT2D eigenvalue weighted by atomic mass is 16.6. The number of nitrogens with one attached hydrogen (secondary N) is 1. The van der Waals surface area contributed by atoms with Gasteiger partial charge in [-0.25, -0.2) is 0 Å². The largest absolute Gasteiger partial charge is 0.312 e. The number of likely N-dealkylation sites (tertiary alicyclic amines) is 1. The standard InChI is InChI=1S/C13H20N2.C2H6.CH3NO2/c1-14-13(11-15-9-5-6-10-15)12-7-3-2-4-8-12;1-2;1-2(3)4/h2-4,7-8,13-14H,5-6,9-11H2,1H3;1-2H3;1H3/t13-;;/m1../s1. The Bertz CT molecular complexity index is 361. The zero-order chi connectivity index (χ0) is 16.1. The van der Waals surface area contributed by atoms with Crippen LogP contribution in [-0.2, 0) is 0 Å². The third kappa shape index (κ3) is 9.15. The number of hydrogen-bond donors (Lipinski definition) is 1. The predicted octanol–water partition coefficient (Wildman–Crippen LogP) is 2.96. The van der Waals surface area contributed by atoms with Crippen molar-refractivity contribution in [1.82, 2.24) is 10.2 Å². The summed E-state index contributed by atoms with van der Waals surface area (Å²) in [6.07, 6.45) is 2.73. The van der Waals surface area contributed by atoms with E-state index >= 15 is 0 Å². The van der Waals surface area contributed by atoms with Crippen molar-refractivity contribution in [1.29, 1.82) is 0 Å². The molecule has 0 bridgehead atoms. The normalized spacial score (nSPS) is 15.2. The SMILES string of the molecule is CC.CN[C@H](CN1CCCC1)c1ccccc1.C[N+](=O)[O-]. The van der Waals surface area contributed by atoms with Crippen molar-refractivity contribution in [3.63, 3.8) is 0 Å². The third-order valence-electron chi connectivity index (χ3n) is 3.19. The first-order chi connectivity index (χ1) is 10.1. The number of likely N-dealkylation sites (N-methyl/N-ethyl adjacent to an activating group) is 1. The lowest BCUT2D eigenvalue weighted by atomic mass is 10.1. The van der Waals surface area contributed by atoms with Crippen molar-refractivity contribution < 1.29 is 4.92 Å². The van der Waals surface area contributed by atoms with Crippen molar-refractivity contribution in [3.8, 4) is 0 Å². The summed E-state index contributed by atoms with van der Waals surface area (Å²) in [4.78, 5) is 10.9. The van der Waals surface area contributed by atoms with Crippen molar-refractivity contribution in [2.24, 2.45) is 0 Å². The minimum atomic E-state index is -0.500. The summed E-state index contributed by atoms with van der Waals surface area (Å²) in [5.74, 6) is 0. The molecule has 1 fully saturated rings. The van der Waals surface area contributed by atoms with E-state index in [9.17, 15) is 0 Å². The molecule has 1 aliphatic rings. The zero-order valence-corrected chi connectivity index (χ0v) is 13.7. The average molecular weight is 295 g/mol. The highest BCUT2D eigenvalue weighted by Gasteiger charge is 2.17. The van der Waals surface area contributed by atoms with Crippen molar-refractivity contribution in [2.45, 2.75) is 32.7 Å². The Balaban J connectivity index is 0.000000579. The van der Waals surface area contributed by atoms with Gasteiger partial charge in [0.2, 0.25) is 0 Å². The van der Waals surface area contributed by atoms with Gasteiger partial charge in [-0.15, -0.1) is 0 Å². The molecule has 0 aromatic heterocycles. The van der Waals surface area contributed by atoms with Gasteiger partial charge in [-0.3, -0.25) is 10.1 Å². The number of rotatable bonds is 4. The zero-order valence-electron chi connectivity index (χ0n) is 13.7. The molecule has 0 amide bonds. The molecule has 1 saturated heterocycles. The summed E-state index contributed by atoms with van der Waals surface area (Å²) in [5.41, 5.74) is 1.40. The Morgan fingerprint density at radius 3 is 2.14 bits per heavy atom. The van der Waals surface area contributed by atoms with Gasteiger partial charge in [0, 0.05) is 17.5 Å². The molecule has 0 spiro atoms. The van der Waals surface area contributed by atoms with Crippen LogP contribution in [0.4, 0.5) is 0 Å². The van der Waals surface area contributed by atoms with Crippen molar-refractivity contribution >= 4 is 0 Å². The summed E-state index contributed by atoms with van der Waals surface area (Å²) in [7, 11) is 2.94. The van der Waals surface area contributed by atoms with Crippen LogP contribution in [0.15, 0.2) is 30.3 Å². The lowest BCUT2D eigenvalue weighted by Gasteiger charge is -2.23. The van der Waals surface area contributed by atoms with E-state index in [1.54, 1.807) is 0 Å². The molecule has 1 N–H and O–H groups in total. The molecule has 5 heteroatoms. The second-order valence-electron chi connectivity index (χ2n) is 4.70. The molecule has 1 aromatic rings. The van der Waals surface area contributed by atoms with Crippen LogP contribution in [0, 0.1) is 10.1 Å². The van der Waals surface area contributed by atoms with Crippen LogP contribution < -0.4 is 5.32 Å². The molecule has 0 unspecified atom stereocenters. The topological polar surface area (TPSA) is 58.4 Å². The van der Waals surface area contributed by atoms with Gasteiger partial charge in [0.05, 0.1) is 0 Å². The first-order valence-corrected chi connectivity index (χ1v) is 7.66. The maximum atomic E-state index is 8.81. The molecular formula is C16H29N3O2. The van der Waals surface area contributed by atoms with E-state index in [1.807, 2.05) is 20.9 Å². The van der Waals surface area contributed by atoms with E-state index in [0.29, 0.717) is 6.04 Å². The molecule has 1 aliphatic heterocycles. The van der Waals surface area contributed by atoms with Crippen LogP contribution in [0.3, 0.4) is 0 Å². The molecule has 1 heterocycles. The van der Waals surface area contributed by atoms with Gasteiger partial charge in [-0.1, -0.05) is 44.2 Å². The van der Waals surface area contributed by atoms with E-state index in [0.717, 1.165) is 13.6 Å². The lowest BCUT2D eigenvalue weighted by Crippen LogP contribution is -2.31. The first kappa shape index (κ1) is 19.5. The van der Waals surface area contributed by atoms with Crippen LogP contribution in [-0.4, -0.2) is 43.6 Å². The van der Waals surface area contributed by atoms with Gasteiger partial charge in [0.25, 0.3) is 0 Å². The maximum Gasteiger partial charge on any atom is 0.194 e. The number of hydrogen-bond acceptors (Lipinski definition) is 4. The van der Waals surface area contributed by atoms with Crippen LogP contribution in [0.5, 0.6) is 0 Å². The van der Waals surface area contributed by atoms with E-state index in [1.165, 1.54) is 31.5 Å². The second-order valence-corrected chi connectivity index (χ2v) is 4.70. The van der Waals surface area contributed by atoms with Crippen molar-refractivity contribution in [2.75, 3.05) is 33.7 Å². The Morgan fingerprint density at radius 2 is 1.71 bits per heavy atom. The predicted molar refractivity (Wildman–Crippen MR) is 88.2 cm³/mol. The van der Waals surface area contributed by atoms with Crippen LogP contribution >= 0.6 is 0 Å². The second kappa shape index (κ2) is 12.3. The van der Waals surface area contributed by atoms with Gasteiger partial charge in [0.15, 0.2) is 7.05 Å². The van der Waals surface area contributed by atoms with Crippen LogP contribution in [0.2, 0.25) is 0 Å². The maximum absolute atomic E-state index is 8.81. The van der Waals surface area contributed by atoms with Gasteiger partial charge in [-0.2, -0.15) is 0 Å². The van der Waals surface area contributed by atoms with Crippen LogP contribution in [0.1, 0.15) is 38.3 Å². The number of nitrogens with zero attached hydrogens (tertiary/aromatic N) is 2. The van der Waals surface area contributed by atoms with Gasteiger partial charge < -0.3 is 10.2 Å². The van der Waals surface area contributed by atoms with Gasteiger partial charge in [0.1, 0.15) is 0 Å². The monoisotopic (exact) mass is 295 g/mol. The van der Waals surface area contributed by atoms with E-state index in [-0.39, 0.29) is 0 Å². The smallest absolute Gasteiger partial charge is 0.194 e. The first-order valence-electron chi connectivity index (χ1n) is 7.66. The van der Waals surface area contributed by atoms with E-state index < -0.39 is 4.92 Å². The van der Waals surface area contributed by atoms with Gasteiger partial charge >= 0.3 is 0 Å². The quantitative estimate of drug-likeness (QED) is 0.685. The average Bonchev–Trinajstić information content (AvgIpc) is 3.00. The highest BCUT2D eigenvalue weighted by Crippen LogP contribution is 2.16. The number of benzene rings is 1. The van der Waals surface area contributed by atoms with Crippen LogP contribution in [0.25, 0.3) is 0 Å². The van der Waals surface area contributed by atoms with E-state index in [2.05, 4.69) is 40.5 Å². The van der Waals surface area contributed by atoms with E-state index in [4.69, 9.17) is 10.1 Å². The highest BCUT2D eigenvalue weighted by molar-refractivity contribution is 5.19. The lowest BCUT2D eigenvalue weighted by molar-refractivity contribution is -0.445. The third-order valence-corrected chi connectivity index (χ3v) is 3.19. The molecule has 21 heavy (non-hydrogen) atoms. The Kier molecular flexibility index (Phi) is 11.4. The van der Waals surface area contributed by atoms with Crippen molar-refractivity contribution in [3.05, 3.63) is 46.0 Å². The Hall–Kier alpha value is -1.46. The molecule has 5 nitrogen and oxygen atoms in total. The molecule has 0 saturated carbocycles. The molecular weight excluding hydrogens is 266 g/mol. The minimum absolute atomic E-state index is 0.476. The summed E-state index contributed by atoms with van der Waals surface area (Å²) in [6, 6.07) is 11.2. The fourth-order valence-electron chi connectivity index (χ4n) is 2.27. The molecule has 0 aliphatic carbocycles. The molecule has 1 atom stereocenters. The number of nitro groups is 1. The van der Waals surface area contributed by atoms with Gasteiger partial charge in [-0.05, 0) is 38.5 Å². The Morgan fingerprint density at radius 1 is 1.24 bits per heavy atom. The summed E-state index contributed by atoms with van der Waals surface area (Å²) in [6.45, 7) is 7.68. The molecule has 120 valence electrons. The molecule has 1 aromatic carbocycles. The summed E-state index contributed by atoms with van der Waals surface area (Å²) < 4.78 is 0. The fourth-order valence-corrected chi connectivity index (χ4v) is 2.27. The Labute approximate surface area is 128 Å². The summed E-state index contributed by atoms with van der Waals surface area (Å²) >= 11 is 0.